The average molecular weight is 1860 g/mol. The van der Waals surface area contributed by atoms with E-state index in [0.29, 0.717) is 0 Å². The van der Waals surface area contributed by atoms with E-state index in [1.807, 2.05) is 263 Å². The van der Waals surface area contributed by atoms with Crippen LogP contribution >= 0.6 is 0 Å². The molecule has 0 aromatic heterocycles. The van der Waals surface area contributed by atoms with Crippen molar-refractivity contribution in [3.8, 4) is 22.3 Å². The summed E-state index contributed by atoms with van der Waals surface area (Å²) in [7, 11) is 0. The van der Waals surface area contributed by atoms with Gasteiger partial charge in [-0.15, -0.1) is 0 Å². The zero-order chi connectivity index (χ0) is 105. The minimum atomic E-state index is 1.31. The monoisotopic (exact) mass is 1860 g/mol. The zero-order valence-corrected chi connectivity index (χ0v) is 94.1. The summed E-state index contributed by atoms with van der Waals surface area (Å²) in [6.45, 7) is 76.0. The molecule has 1 aliphatic carbocycles. The molecule has 0 fully saturated rings. The molecule has 740 valence electrons. The molecule has 0 atom stereocenters. The van der Waals surface area contributed by atoms with E-state index < -0.39 is 0 Å². The first-order valence-electron chi connectivity index (χ1n) is 54.4. The van der Waals surface area contributed by atoms with Crippen LogP contribution in [-0.2, 0) is 0 Å². The van der Waals surface area contributed by atoms with Crippen molar-refractivity contribution < 1.29 is 0 Å². The van der Waals surface area contributed by atoms with Gasteiger partial charge >= 0.3 is 0 Å². The van der Waals surface area contributed by atoms with Gasteiger partial charge in [0.25, 0.3) is 0 Å². The highest BCUT2D eigenvalue weighted by atomic mass is 14.2. The predicted molar refractivity (Wildman–Crippen MR) is 661 cm³/mol. The molecule has 0 amide bonds. The Morgan fingerprint density at radius 3 is 0.414 bits per heavy atom. The highest BCUT2D eigenvalue weighted by Crippen LogP contribution is 2.47. The lowest BCUT2D eigenvalue weighted by Gasteiger charge is -2.13. The maximum absolute atomic E-state index is 2.25. The summed E-state index contributed by atoms with van der Waals surface area (Å²) in [4.78, 5) is 0. The molecule has 0 bridgehead atoms. The summed E-state index contributed by atoms with van der Waals surface area (Å²) in [5.41, 5.74) is 5.50. The average Bonchev–Trinajstić information content (AvgIpc) is 1.71. The van der Waals surface area contributed by atoms with E-state index >= 15 is 0 Å². The maximum Gasteiger partial charge on any atom is -0.00264 e. The number of hydrogen-bond acceptors (Lipinski definition) is 0. The lowest BCUT2D eigenvalue weighted by Crippen LogP contribution is -1.85. The Morgan fingerprint density at radius 2 is 0.193 bits per heavy atom. The highest BCUT2D eigenvalue weighted by Gasteiger charge is 2.20. The van der Waals surface area contributed by atoms with Gasteiger partial charge in [-0.2, -0.15) is 0 Å². The molecule has 0 N–H and O–H groups in total. The fourth-order valence-electron chi connectivity index (χ4n) is 16.6. The van der Waals surface area contributed by atoms with Crippen LogP contribution in [0.3, 0.4) is 0 Å². The van der Waals surface area contributed by atoms with Gasteiger partial charge in [0, 0.05) is 0 Å². The standard InChI is InChI=1S/C20H12.2C18H12.2C16H10.C14H10.19C2H6/c1-5-13-6-2-11-17-18-12-4-8-14-7-3-10-16(20(14)18)15(9-1)19(13)17;1-3-7-15-13(5-1)9-11-18-16-8-4-2-6-14(16)10-12-17(15)18;1-2-8-14-13(7-1)15-9-3-4-11-17(15)18-12-6-5-10-16(14)18;1-3-11-7-9-13-5-2-6-14-10-8-12(4-1)15(11)16(13)14;1-2-8-13-12(7-1)14-9-3-5-11-6-4-10-15(13)16(11)14;1-3-7-13-11(5-1)9-10-12-6-2-4-8-14(12)13;19*1-2/h1-12H;2*1-12H;2*1-10H;1-10H;19*1-2H3. The summed E-state index contributed by atoms with van der Waals surface area (Å²) in [5, 5.41) is 43.1. The van der Waals surface area contributed by atoms with Crippen LogP contribution in [-0.4, -0.2) is 0 Å². The Kier molecular flexibility index (Phi) is 68.6. The van der Waals surface area contributed by atoms with Gasteiger partial charge in [0.05, 0.1) is 0 Å². The summed E-state index contributed by atoms with van der Waals surface area (Å²) in [5.74, 6) is 0. The zero-order valence-electron chi connectivity index (χ0n) is 94.1. The smallest absolute Gasteiger partial charge is 0.00264 e. The van der Waals surface area contributed by atoms with E-state index in [0.717, 1.165) is 0 Å². The first-order valence-corrected chi connectivity index (χ1v) is 54.4. The van der Waals surface area contributed by atoms with Crippen LogP contribution in [0.4, 0.5) is 0 Å². The first kappa shape index (κ1) is 127. The molecule has 0 radical (unpaired) electrons. The number of rotatable bonds is 0. The molecule has 1 aliphatic rings. The van der Waals surface area contributed by atoms with Crippen LogP contribution in [0.25, 0.3) is 195 Å². The summed E-state index contributed by atoms with van der Waals surface area (Å²) >= 11 is 0. The van der Waals surface area contributed by atoms with Crippen LogP contribution < -0.4 is 0 Å². The van der Waals surface area contributed by atoms with Gasteiger partial charge in [-0.1, -0.05) is 663 Å². The quantitative estimate of drug-likeness (QED) is 0.105. The third-order valence-corrected chi connectivity index (χ3v) is 21.2. The van der Waals surface area contributed by atoms with E-state index in [1.54, 1.807) is 0 Å². The van der Waals surface area contributed by atoms with Crippen molar-refractivity contribution >= 4 is 172 Å². The Bertz CT molecular complexity index is 6430. The molecule has 0 heterocycles. The Hall–Kier alpha value is -13.3. The van der Waals surface area contributed by atoms with Crippen molar-refractivity contribution in [1.29, 1.82) is 0 Å². The summed E-state index contributed by atoms with van der Waals surface area (Å²) < 4.78 is 0. The van der Waals surface area contributed by atoms with Crippen molar-refractivity contribution in [1.82, 2.24) is 0 Å². The fraction of sp³-hybridized carbons (Fsp3) is 0.271. The molecule has 23 aromatic rings. The lowest BCUT2D eigenvalue weighted by molar-refractivity contribution is 1.50. The molecular formula is C140H180. The second kappa shape index (κ2) is 75.7. The number of benzene rings is 23. The highest BCUT2D eigenvalue weighted by molar-refractivity contribution is 6.33. The van der Waals surface area contributed by atoms with E-state index in [9.17, 15) is 0 Å². The minimum absolute atomic E-state index is 1.31. The molecule has 140 heavy (non-hydrogen) atoms. The van der Waals surface area contributed by atoms with Gasteiger partial charge in [0.1, 0.15) is 0 Å². The van der Waals surface area contributed by atoms with Crippen LogP contribution in [0.15, 0.2) is 400 Å². The van der Waals surface area contributed by atoms with Crippen molar-refractivity contribution in [2.24, 2.45) is 0 Å². The van der Waals surface area contributed by atoms with Crippen LogP contribution in [0, 0.1) is 0 Å². The van der Waals surface area contributed by atoms with E-state index in [-0.39, 0.29) is 0 Å². The minimum Gasteiger partial charge on any atom is -0.0683 e. The van der Waals surface area contributed by atoms with E-state index in [2.05, 4.69) is 400 Å². The SMILES string of the molecule is CC.CC.CC.CC.CC.CC.CC.CC.CC.CC.CC.CC.CC.CC.CC.CC.CC.CC.CC.c1cc2ccc3cccc4ccc(c1)c2c34.c1cc2cccc3c4cccc5cccc(c(c1)c23)c54.c1ccc2c(c1)-c1cccc3cccc-2c13.c1ccc2c(c1)c1ccccc1c1ccccc21.c1ccc2c(c1)ccc1c3ccccc3ccc21.c1ccc2c(c1)ccc1ccccc12. The van der Waals surface area contributed by atoms with Gasteiger partial charge in [-0.05, 0) is 195 Å². The van der Waals surface area contributed by atoms with Crippen LogP contribution in [0.1, 0.15) is 263 Å². The van der Waals surface area contributed by atoms with Crippen molar-refractivity contribution in [3.63, 3.8) is 0 Å². The Morgan fingerprint density at radius 1 is 0.0714 bits per heavy atom. The van der Waals surface area contributed by atoms with Crippen molar-refractivity contribution in [2.45, 2.75) is 263 Å². The molecule has 0 aliphatic heterocycles. The molecule has 0 saturated heterocycles. The molecule has 0 heteroatoms. The third-order valence-electron chi connectivity index (χ3n) is 21.2. The van der Waals surface area contributed by atoms with Crippen molar-refractivity contribution in [3.05, 3.63) is 400 Å². The second-order valence-electron chi connectivity index (χ2n) is 26.8. The normalized spacial score (nSPS) is 9.21. The van der Waals surface area contributed by atoms with Crippen LogP contribution in [0.2, 0.25) is 0 Å². The number of fused-ring (bicyclic) bond motifs is 19. The molecule has 0 unspecified atom stereocenters. The molecule has 0 saturated carbocycles. The summed E-state index contributed by atoms with van der Waals surface area (Å²) in [6, 6.07) is 143. The van der Waals surface area contributed by atoms with E-state index in [4.69, 9.17) is 0 Å². The van der Waals surface area contributed by atoms with Gasteiger partial charge in [0.2, 0.25) is 0 Å². The van der Waals surface area contributed by atoms with Gasteiger partial charge in [0.15, 0.2) is 0 Å². The number of hydrogen-bond donors (Lipinski definition) is 0. The molecule has 23 aromatic carbocycles. The molecule has 0 spiro atoms. The largest absolute Gasteiger partial charge is 0.0683 e. The second-order valence-corrected chi connectivity index (χ2v) is 26.8. The molecular weight excluding hydrogens is 1680 g/mol. The molecule has 24 rings (SSSR count). The first-order chi connectivity index (χ1) is 69.6. The van der Waals surface area contributed by atoms with Gasteiger partial charge in [-0.25, -0.2) is 0 Å². The van der Waals surface area contributed by atoms with Gasteiger partial charge < -0.3 is 0 Å². The predicted octanol–water partition coefficient (Wildman–Crippen LogP) is 48.6. The Labute approximate surface area is 852 Å². The Balaban J connectivity index is 0.00000155. The van der Waals surface area contributed by atoms with Crippen LogP contribution in [0.5, 0.6) is 0 Å². The molecule has 0 nitrogen and oxygen atoms in total. The third kappa shape index (κ3) is 31.1. The van der Waals surface area contributed by atoms with Gasteiger partial charge in [-0.3, -0.25) is 0 Å². The lowest BCUT2D eigenvalue weighted by atomic mass is 9.90. The topological polar surface area (TPSA) is 0 Å². The van der Waals surface area contributed by atoms with Crippen molar-refractivity contribution in [2.75, 3.05) is 0 Å². The van der Waals surface area contributed by atoms with E-state index in [1.165, 1.54) is 195 Å². The maximum atomic E-state index is 2.25. The fourth-order valence-corrected chi connectivity index (χ4v) is 16.6. The summed E-state index contributed by atoms with van der Waals surface area (Å²) in [6.07, 6.45) is 0.